The molecule has 0 fully saturated rings. The van der Waals surface area contributed by atoms with Gasteiger partial charge in [-0.05, 0) is 49.2 Å². The molecule has 25 heavy (non-hydrogen) atoms. The second-order valence-electron chi connectivity index (χ2n) is 5.03. The van der Waals surface area contributed by atoms with Crippen LogP contribution >= 0.6 is 15.9 Å². The van der Waals surface area contributed by atoms with E-state index in [0.29, 0.717) is 18.0 Å². The van der Waals surface area contributed by atoms with Gasteiger partial charge in [0.2, 0.25) is 0 Å². The van der Waals surface area contributed by atoms with Gasteiger partial charge in [-0.1, -0.05) is 34.1 Å². The summed E-state index contributed by atoms with van der Waals surface area (Å²) in [7, 11) is 0. The van der Waals surface area contributed by atoms with Gasteiger partial charge in [0.1, 0.15) is 5.75 Å². The largest absolute Gasteiger partial charge is 0.513 e. The lowest BCUT2D eigenvalue weighted by Crippen LogP contribution is -2.30. The highest BCUT2D eigenvalue weighted by Crippen LogP contribution is 2.17. The van der Waals surface area contributed by atoms with E-state index >= 15 is 0 Å². The lowest BCUT2D eigenvalue weighted by molar-refractivity contribution is 0.104. The first-order chi connectivity index (χ1) is 12.1. The van der Waals surface area contributed by atoms with Crippen molar-refractivity contribution in [2.45, 2.75) is 13.3 Å². The number of benzene rings is 2. The standard InChI is InChI=1S/C18H19BrN2O4/c1-2-24-18(23)25-15-9-7-14(8-10-15)21-17(22)20-12-11-13-5-3-4-6-16(13)19/h3-10H,2,11-12H2,1H3,(H2,20,21,22). The number of urea groups is 1. The molecule has 6 nitrogen and oxygen atoms in total. The Morgan fingerprint density at radius 1 is 1.08 bits per heavy atom. The molecular weight excluding hydrogens is 388 g/mol. The number of carbonyl (C=O) groups is 2. The number of carbonyl (C=O) groups excluding carboxylic acids is 2. The molecule has 0 radical (unpaired) electrons. The van der Waals surface area contributed by atoms with E-state index in [0.717, 1.165) is 16.5 Å². The summed E-state index contributed by atoms with van der Waals surface area (Å²) in [6, 6.07) is 14.0. The van der Waals surface area contributed by atoms with Crippen molar-refractivity contribution in [1.29, 1.82) is 0 Å². The summed E-state index contributed by atoms with van der Waals surface area (Å²) in [5, 5.41) is 5.51. The number of hydrogen-bond donors (Lipinski definition) is 2. The van der Waals surface area contributed by atoms with Crippen LogP contribution in [0.25, 0.3) is 0 Å². The van der Waals surface area contributed by atoms with E-state index in [1.54, 1.807) is 31.2 Å². The fourth-order valence-electron chi connectivity index (χ4n) is 2.04. The lowest BCUT2D eigenvalue weighted by atomic mass is 10.1. The van der Waals surface area contributed by atoms with E-state index in [4.69, 9.17) is 4.74 Å². The van der Waals surface area contributed by atoms with Crippen LogP contribution in [0.15, 0.2) is 53.0 Å². The topological polar surface area (TPSA) is 76.7 Å². The van der Waals surface area contributed by atoms with Crippen LogP contribution in [0.4, 0.5) is 15.3 Å². The molecule has 0 spiro atoms. The molecule has 2 N–H and O–H groups in total. The third kappa shape index (κ3) is 6.46. The zero-order chi connectivity index (χ0) is 18.1. The third-order valence-corrected chi connectivity index (χ3v) is 3.99. The monoisotopic (exact) mass is 406 g/mol. The van der Waals surface area contributed by atoms with E-state index in [2.05, 4.69) is 31.3 Å². The molecule has 2 amide bonds. The smallest absolute Gasteiger partial charge is 0.434 e. The third-order valence-electron chi connectivity index (χ3n) is 3.21. The van der Waals surface area contributed by atoms with Gasteiger partial charge in [-0.25, -0.2) is 9.59 Å². The van der Waals surface area contributed by atoms with Crippen LogP contribution in [-0.2, 0) is 11.2 Å². The second kappa shape index (κ2) is 9.68. The highest BCUT2D eigenvalue weighted by atomic mass is 79.9. The van der Waals surface area contributed by atoms with Crippen molar-refractivity contribution in [2.75, 3.05) is 18.5 Å². The first-order valence-electron chi connectivity index (χ1n) is 7.81. The van der Waals surface area contributed by atoms with Crippen LogP contribution in [0.5, 0.6) is 5.75 Å². The van der Waals surface area contributed by atoms with Gasteiger partial charge in [0.25, 0.3) is 0 Å². The summed E-state index contributed by atoms with van der Waals surface area (Å²) < 4.78 is 10.7. The highest BCUT2D eigenvalue weighted by Gasteiger charge is 2.06. The Balaban J connectivity index is 1.76. The number of ether oxygens (including phenoxy) is 2. The molecule has 0 saturated carbocycles. The molecule has 132 valence electrons. The van der Waals surface area contributed by atoms with Crippen molar-refractivity contribution in [3.05, 3.63) is 58.6 Å². The van der Waals surface area contributed by atoms with Crippen LogP contribution < -0.4 is 15.4 Å². The van der Waals surface area contributed by atoms with E-state index in [-0.39, 0.29) is 12.6 Å². The van der Waals surface area contributed by atoms with Crippen molar-refractivity contribution in [1.82, 2.24) is 5.32 Å². The van der Waals surface area contributed by atoms with Crippen molar-refractivity contribution in [2.24, 2.45) is 0 Å². The highest BCUT2D eigenvalue weighted by molar-refractivity contribution is 9.10. The molecule has 0 heterocycles. The minimum Gasteiger partial charge on any atom is -0.434 e. The Morgan fingerprint density at radius 2 is 1.80 bits per heavy atom. The van der Waals surface area contributed by atoms with Crippen molar-refractivity contribution in [3.8, 4) is 5.75 Å². The van der Waals surface area contributed by atoms with Crippen molar-refractivity contribution in [3.63, 3.8) is 0 Å². The predicted molar refractivity (Wildman–Crippen MR) is 99.0 cm³/mol. The van der Waals surface area contributed by atoms with Gasteiger partial charge >= 0.3 is 12.2 Å². The van der Waals surface area contributed by atoms with Crippen molar-refractivity contribution >= 4 is 33.8 Å². The maximum Gasteiger partial charge on any atom is 0.513 e. The quantitative estimate of drug-likeness (QED) is 0.552. The van der Waals surface area contributed by atoms with Gasteiger partial charge in [0, 0.05) is 16.7 Å². The first-order valence-corrected chi connectivity index (χ1v) is 8.60. The molecule has 0 aromatic heterocycles. The van der Waals surface area contributed by atoms with Crippen LogP contribution in [0.2, 0.25) is 0 Å². The zero-order valence-electron chi connectivity index (χ0n) is 13.8. The minimum absolute atomic E-state index is 0.248. The number of halogens is 1. The average Bonchev–Trinajstić information content (AvgIpc) is 2.58. The molecule has 2 rings (SSSR count). The number of rotatable bonds is 6. The van der Waals surface area contributed by atoms with Crippen LogP contribution in [0.3, 0.4) is 0 Å². The second-order valence-corrected chi connectivity index (χ2v) is 5.89. The Morgan fingerprint density at radius 3 is 2.48 bits per heavy atom. The summed E-state index contributed by atoms with van der Waals surface area (Å²) in [5.74, 6) is 0.346. The summed E-state index contributed by atoms with van der Waals surface area (Å²) >= 11 is 3.48. The molecule has 0 aliphatic rings. The fraction of sp³-hybridized carbons (Fsp3) is 0.222. The zero-order valence-corrected chi connectivity index (χ0v) is 15.3. The fourth-order valence-corrected chi connectivity index (χ4v) is 2.52. The van der Waals surface area contributed by atoms with Gasteiger partial charge in [-0.2, -0.15) is 0 Å². The van der Waals surface area contributed by atoms with Crippen molar-refractivity contribution < 1.29 is 19.1 Å². The maximum atomic E-state index is 11.9. The summed E-state index contributed by atoms with van der Waals surface area (Å²) in [4.78, 5) is 23.1. The Labute approximate surface area is 154 Å². The molecule has 0 saturated heterocycles. The molecular formula is C18H19BrN2O4. The number of anilines is 1. The summed E-state index contributed by atoms with van der Waals surface area (Å²) in [5.41, 5.74) is 1.72. The van der Waals surface area contributed by atoms with Gasteiger partial charge in [0.05, 0.1) is 6.61 Å². The Hall–Kier alpha value is -2.54. The molecule has 7 heteroatoms. The van der Waals surface area contributed by atoms with Crippen LogP contribution in [0.1, 0.15) is 12.5 Å². The Bertz CT molecular complexity index is 719. The van der Waals surface area contributed by atoms with E-state index < -0.39 is 6.16 Å². The van der Waals surface area contributed by atoms with Crippen LogP contribution in [0, 0.1) is 0 Å². The number of nitrogens with one attached hydrogen (secondary N) is 2. The van der Waals surface area contributed by atoms with Gasteiger partial charge in [0.15, 0.2) is 0 Å². The van der Waals surface area contributed by atoms with E-state index in [9.17, 15) is 9.59 Å². The Kier molecular flexibility index (Phi) is 7.28. The number of amides is 2. The summed E-state index contributed by atoms with van der Waals surface area (Å²) in [6.45, 7) is 2.46. The molecule has 2 aromatic carbocycles. The average molecular weight is 407 g/mol. The molecule has 0 bridgehead atoms. The molecule has 0 unspecified atom stereocenters. The predicted octanol–water partition coefficient (Wildman–Crippen LogP) is 4.35. The SMILES string of the molecule is CCOC(=O)Oc1ccc(NC(=O)NCCc2ccccc2Br)cc1. The molecule has 0 aliphatic carbocycles. The van der Waals surface area contributed by atoms with Gasteiger partial charge in [-0.15, -0.1) is 0 Å². The summed E-state index contributed by atoms with van der Waals surface area (Å²) in [6.07, 6.45) is -0.0331. The minimum atomic E-state index is -0.756. The lowest BCUT2D eigenvalue weighted by Gasteiger charge is -2.09. The first kappa shape index (κ1) is 18.8. The maximum absolute atomic E-state index is 11.9. The van der Waals surface area contributed by atoms with E-state index in [1.165, 1.54) is 0 Å². The van der Waals surface area contributed by atoms with Gasteiger partial charge in [-0.3, -0.25) is 0 Å². The normalized spacial score (nSPS) is 10.0. The molecule has 0 aliphatic heterocycles. The molecule has 0 atom stereocenters. The number of hydrogen-bond acceptors (Lipinski definition) is 4. The van der Waals surface area contributed by atoms with Crippen LogP contribution in [-0.4, -0.2) is 25.3 Å². The molecule has 2 aromatic rings. The van der Waals surface area contributed by atoms with Gasteiger partial charge < -0.3 is 20.1 Å². The van der Waals surface area contributed by atoms with E-state index in [1.807, 2.05) is 24.3 Å².